The molecule has 112 valence electrons. The van der Waals surface area contributed by atoms with Crippen LogP contribution in [0.3, 0.4) is 0 Å². The summed E-state index contributed by atoms with van der Waals surface area (Å²) in [6, 6.07) is 8.29. The monoisotopic (exact) mass is 288 g/mol. The van der Waals surface area contributed by atoms with Gasteiger partial charge >= 0.3 is 5.97 Å². The van der Waals surface area contributed by atoms with Crippen molar-refractivity contribution in [2.45, 2.75) is 31.7 Å². The Hall–Kier alpha value is -2.04. The fourth-order valence-electron chi connectivity index (χ4n) is 2.93. The number of amides is 1. The summed E-state index contributed by atoms with van der Waals surface area (Å²) < 4.78 is 0. The number of carboxylic acids is 1. The summed E-state index contributed by atoms with van der Waals surface area (Å²) in [5, 5.41) is 12.1. The maximum absolute atomic E-state index is 12.7. The van der Waals surface area contributed by atoms with Gasteiger partial charge in [0, 0.05) is 24.8 Å². The first-order chi connectivity index (χ1) is 10.1. The number of hydrogen-bond acceptors (Lipinski definition) is 3. The van der Waals surface area contributed by atoms with Gasteiger partial charge in [-0.15, -0.1) is 0 Å². The molecule has 0 bridgehead atoms. The van der Waals surface area contributed by atoms with E-state index in [9.17, 15) is 9.59 Å². The lowest BCUT2D eigenvalue weighted by atomic mass is 9.92. The molecule has 1 saturated carbocycles. The van der Waals surface area contributed by atoms with Gasteiger partial charge in [-0.1, -0.05) is 18.2 Å². The van der Waals surface area contributed by atoms with Gasteiger partial charge in [-0.25, -0.2) is 0 Å². The molecule has 1 amide bonds. The highest BCUT2D eigenvalue weighted by molar-refractivity contribution is 5.82. The van der Waals surface area contributed by atoms with Crippen LogP contribution < -0.4 is 5.32 Å². The van der Waals surface area contributed by atoms with Crippen molar-refractivity contribution in [3.05, 3.63) is 29.8 Å². The number of carboxylic acid groups (broad SMARTS) is 1. The highest BCUT2D eigenvalue weighted by Crippen LogP contribution is 2.31. The third-order valence-electron chi connectivity index (χ3n) is 4.21. The summed E-state index contributed by atoms with van der Waals surface area (Å²) >= 11 is 0. The van der Waals surface area contributed by atoms with E-state index >= 15 is 0 Å². The number of nitrogens with one attached hydrogen (secondary N) is 1. The van der Waals surface area contributed by atoms with Crippen LogP contribution in [0.4, 0.5) is 5.69 Å². The van der Waals surface area contributed by atoms with Gasteiger partial charge in [0.25, 0.3) is 0 Å². The molecule has 1 aliphatic heterocycles. The summed E-state index contributed by atoms with van der Waals surface area (Å²) in [4.78, 5) is 25.2. The molecule has 0 saturated heterocycles. The van der Waals surface area contributed by atoms with Gasteiger partial charge in [0.15, 0.2) is 0 Å². The zero-order chi connectivity index (χ0) is 14.8. The number of nitrogens with zero attached hydrogens (tertiary/aromatic N) is 1. The van der Waals surface area contributed by atoms with E-state index in [2.05, 4.69) is 5.32 Å². The Bertz CT molecular complexity index is 554. The van der Waals surface area contributed by atoms with Crippen LogP contribution in [-0.2, 0) is 16.0 Å². The SMILES string of the molecule is O=C(O)CCN(C(=O)C1CNc2ccccc2C1)C1CC1. The summed E-state index contributed by atoms with van der Waals surface area (Å²) in [7, 11) is 0. The molecular weight excluding hydrogens is 268 g/mol. The maximum atomic E-state index is 12.7. The number of carbonyl (C=O) groups excluding carboxylic acids is 1. The van der Waals surface area contributed by atoms with Crippen LogP contribution in [0.25, 0.3) is 0 Å². The third-order valence-corrected chi connectivity index (χ3v) is 4.21. The fraction of sp³-hybridized carbons (Fsp3) is 0.500. The molecule has 1 unspecified atom stereocenters. The Morgan fingerprint density at radius 2 is 2.05 bits per heavy atom. The van der Waals surface area contributed by atoms with E-state index in [1.807, 2.05) is 24.3 Å². The van der Waals surface area contributed by atoms with Crippen molar-refractivity contribution in [3.8, 4) is 0 Å². The van der Waals surface area contributed by atoms with E-state index in [0.29, 0.717) is 13.1 Å². The quantitative estimate of drug-likeness (QED) is 0.866. The van der Waals surface area contributed by atoms with Crippen molar-refractivity contribution in [2.24, 2.45) is 5.92 Å². The smallest absolute Gasteiger partial charge is 0.305 e. The zero-order valence-electron chi connectivity index (χ0n) is 11.9. The molecule has 3 rings (SSSR count). The van der Waals surface area contributed by atoms with Crippen LogP contribution in [0, 0.1) is 5.92 Å². The fourth-order valence-corrected chi connectivity index (χ4v) is 2.93. The molecule has 0 spiro atoms. The van der Waals surface area contributed by atoms with E-state index in [1.54, 1.807) is 4.90 Å². The second-order valence-electron chi connectivity index (χ2n) is 5.85. The molecule has 2 aliphatic rings. The molecule has 0 radical (unpaired) electrons. The van der Waals surface area contributed by atoms with E-state index in [-0.39, 0.29) is 24.3 Å². The lowest BCUT2D eigenvalue weighted by molar-refractivity contribution is -0.140. The van der Waals surface area contributed by atoms with Gasteiger partial charge in [0.2, 0.25) is 5.91 Å². The number of aliphatic carboxylic acids is 1. The number of para-hydroxylation sites is 1. The molecule has 1 fully saturated rings. The van der Waals surface area contributed by atoms with Crippen LogP contribution in [0.15, 0.2) is 24.3 Å². The van der Waals surface area contributed by atoms with Gasteiger partial charge in [-0.05, 0) is 30.9 Å². The number of anilines is 1. The molecule has 2 N–H and O–H groups in total. The average Bonchev–Trinajstić information content (AvgIpc) is 3.31. The second kappa shape index (κ2) is 5.76. The Morgan fingerprint density at radius 3 is 2.76 bits per heavy atom. The van der Waals surface area contributed by atoms with Gasteiger partial charge in [-0.2, -0.15) is 0 Å². The summed E-state index contributed by atoms with van der Waals surface area (Å²) in [6.07, 6.45) is 2.77. The van der Waals surface area contributed by atoms with Crippen LogP contribution in [0.5, 0.6) is 0 Å². The normalized spacial score (nSPS) is 20.3. The molecule has 1 aliphatic carbocycles. The maximum Gasteiger partial charge on any atom is 0.305 e. The first-order valence-electron chi connectivity index (χ1n) is 7.49. The van der Waals surface area contributed by atoms with Gasteiger partial charge in [0.05, 0.1) is 12.3 Å². The van der Waals surface area contributed by atoms with Crippen LogP contribution >= 0.6 is 0 Å². The number of fused-ring (bicyclic) bond motifs is 1. The number of carbonyl (C=O) groups is 2. The lowest BCUT2D eigenvalue weighted by Gasteiger charge is -2.31. The number of rotatable bonds is 5. The van der Waals surface area contributed by atoms with Crippen molar-refractivity contribution >= 4 is 17.6 Å². The van der Waals surface area contributed by atoms with E-state index < -0.39 is 5.97 Å². The van der Waals surface area contributed by atoms with Crippen molar-refractivity contribution in [2.75, 3.05) is 18.4 Å². The molecule has 1 heterocycles. The van der Waals surface area contributed by atoms with Gasteiger partial charge in [0.1, 0.15) is 0 Å². The highest BCUT2D eigenvalue weighted by atomic mass is 16.4. The number of hydrogen-bond donors (Lipinski definition) is 2. The molecule has 1 aromatic rings. The first-order valence-corrected chi connectivity index (χ1v) is 7.49. The topological polar surface area (TPSA) is 69.6 Å². The second-order valence-corrected chi connectivity index (χ2v) is 5.85. The molecule has 5 nitrogen and oxygen atoms in total. The van der Waals surface area contributed by atoms with E-state index in [4.69, 9.17) is 5.11 Å². The minimum atomic E-state index is -0.847. The van der Waals surface area contributed by atoms with Crippen LogP contribution in [0.2, 0.25) is 0 Å². The third kappa shape index (κ3) is 3.17. The standard InChI is InChI=1S/C16H20N2O3/c19-15(20)7-8-18(13-5-6-13)16(21)12-9-11-3-1-2-4-14(11)17-10-12/h1-4,12-13,17H,5-10H2,(H,19,20). The zero-order valence-corrected chi connectivity index (χ0v) is 11.9. The Labute approximate surface area is 123 Å². The Morgan fingerprint density at radius 1 is 1.29 bits per heavy atom. The predicted octanol–water partition coefficient (Wildman–Crippen LogP) is 1.74. The number of benzene rings is 1. The Balaban J connectivity index is 1.68. The van der Waals surface area contributed by atoms with E-state index in [0.717, 1.165) is 30.5 Å². The van der Waals surface area contributed by atoms with Gasteiger partial charge < -0.3 is 15.3 Å². The van der Waals surface area contributed by atoms with E-state index in [1.165, 1.54) is 0 Å². The van der Waals surface area contributed by atoms with Crippen molar-refractivity contribution < 1.29 is 14.7 Å². The first kappa shape index (κ1) is 13.9. The molecule has 1 aromatic carbocycles. The minimum absolute atomic E-state index is 0.0268. The van der Waals surface area contributed by atoms with Crippen LogP contribution in [-0.4, -0.2) is 41.0 Å². The molecule has 5 heteroatoms. The van der Waals surface area contributed by atoms with Crippen molar-refractivity contribution in [1.29, 1.82) is 0 Å². The summed E-state index contributed by atoms with van der Waals surface area (Å²) in [6.45, 7) is 0.961. The predicted molar refractivity (Wildman–Crippen MR) is 79.1 cm³/mol. The summed E-state index contributed by atoms with van der Waals surface area (Å²) in [5.74, 6) is -0.837. The van der Waals surface area contributed by atoms with Crippen molar-refractivity contribution in [3.63, 3.8) is 0 Å². The lowest BCUT2D eigenvalue weighted by Crippen LogP contribution is -2.43. The molecule has 0 aromatic heterocycles. The Kier molecular flexibility index (Phi) is 3.82. The molecule has 21 heavy (non-hydrogen) atoms. The largest absolute Gasteiger partial charge is 0.481 e. The van der Waals surface area contributed by atoms with Crippen molar-refractivity contribution in [1.82, 2.24) is 4.90 Å². The average molecular weight is 288 g/mol. The molecule has 1 atom stereocenters. The van der Waals surface area contributed by atoms with Crippen LogP contribution in [0.1, 0.15) is 24.8 Å². The molecular formula is C16H20N2O3. The highest BCUT2D eigenvalue weighted by Gasteiger charge is 2.36. The van der Waals surface area contributed by atoms with Gasteiger partial charge in [-0.3, -0.25) is 9.59 Å². The minimum Gasteiger partial charge on any atom is -0.481 e. The summed E-state index contributed by atoms with van der Waals surface area (Å²) in [5.41, 5.74) is 2.26.